The number of β-amino-alcohol motifs (C(OH)–C–C–N with tert-alkyl or cyclic N) is 1. The third kappa shape index (κ3) is 4.27. The van der Waals surface area contributed by atoms with E-state index in [0.29, 0.717) is 13.0 Å². The van der Waals surface area contributed by atoms with Crippen LogP contribution in [0.15, 0.2) is 0 Å². The van der Waals surface area contributed by atoms with Gasteiger partial charge in [-0.3, -0.25) is 4.79 Å². The lowest BCUT2D eigenvalue weighted by molar-refractivity contribution is -0.139. The molecule has 1 rings (SSSR count). The summed E-state index contributed by atoms with van der Waals surface area (Å²) in [6.45, 7) is 2.33. The molecule has 1 fully saturated rings. The van der Waals surface area contributed by atoms with Gasteiger partial charge in [-0.25, -0.2) is 0 Å². The topological polar surface area (TPSA) is 89.8 Å². The summed E-state index contributed by atoms with van der Waals surface area (Å²) in [6, 6.07) is -0.542. The van der Waals surface area contributed by atoms with Gasteiger partial charge in [0.15, 0.2) is 0 Å². The quantitative estimate of drug-likeness (QED) is 0.403. The maximum Gasteiger partial charge on any atom is 0.320 e. The molecule has 4 N–H and O–H groups in total. The average Bonchev–Trinajstić information content (AvgIpc) is 2.37. The molecule has 0 unspecified atom stereocenters. The molecular formula is C7H15NO4. The zero-order valence-electron chi connectivity index (χ0n) is 7.03. The predicted molar refractivity (Wildman–Crippen MR) is 42.8 cm³/mol. The second-order valence-corrected chi connectivity index (χ2v) is 2.50. The lowest BCUT2D eigenvalue weighted by Gasteiger charge is -1.99. The fraction of sp³-hybridized carbons (Fsp3) is 0.857. The molecule has 1 aliphatic rings. The molecule has 0 radical (unpaired) electrons. The van der Waals surface area contributed by atoms with Crippen LogP contribution in [0.1, 0.15) is 13.3 Å². The zero-order valence-corrected chi connectivity index (χ0v) is 7.03. The van der Waals surface area contributed by atoms with E-state index in [1.807, 2.05) is 0 Å². The van der Waals surface area contributed by atoms with Gasteiger partial charge in [-0.05, 0) is 6.92 Å². The Labute approximate surface area is 71.0 Å². The van der Waals surface area contributed by atoms with E-state index in [9.17, 15) is 4.79 Å². The molecule has 0 aromatic rings. The van der Waals surface area contributed by atoms with E-state index >= 15 is 0 Å². The summed E-state index contributed by atoms with van der Waals surface area (Å²) in [5, 5.41) is 27.4. The van der Waals surface area contributed by atoms with Gasteiger partial charge in [0.05, 0.1) is 6.10 Å². The molecule has 0 saturated carbocycles. The SMILES string of the molecule is CCO.O=C(O)[C@@H]1C[C@@H](O)CN1. The molecule has 5 nitrogen and oxygen atoms in total. The molecule has 12 heavy (non-hydrogen) atoms. The fourth-order valence-electron chi connectivity index (χ4n) is 0.905. The third-order valence-corrected chi connectivity index (χ3v) is 1.41. The highest BCUT2D eigenvalue weighted by Crippen LogP contribution is 2.05. The molecule has 0 aliphatic carbocycles. The van der Waals surface area contributed by atoms with E-state index in [0.717, 1.165) is 0 Å². The fourth-order valence-corrected chi connectivity index (χ4v) is 0.905. The second-order valence-electron chi connectivity index (χ2n) is 2.50. The molecule has 0 amide bonds. The highest BCUT2D eigenvalue weighted by atomic mass is 16.4. The predicted octanol–water partition coefficient (Wildman–Crippen LogP) is -1.21. The van der Waals surface area contributed by atoms with Crippen LogP contribution >= 0.6 is 0 Å². The Balaban J connectivity index is 0.000000354. The summed E-state index contributed by atoms with van der Waals surface area (Å²) in [7, 11) is 0. The Hall–Kier alpha value is -0.650. The van der Waals surface area contributed by atoms with Gasteiger partial charge in [0, 0.05) is 19.6 Å². The first-order chi connectivity index (χ1) is 5.61. The van der Waals surface area contributed by atoms with Gasteiger partial charge < -0.3 is 20.6 Å². The van der Waals surface area contributed by atoms with Crippen LogP contribution < -0.4 is 5.32 Å². The third-order valence-electron chi connectivity index (χ3n) is 1.41. The summed E-state index contributed by atoms with van der Waals surface area (Å²) in [5.74, 6) is -0.883. The van der Waals surface area contributed by atoms with Crippen molar-refractivity contribution >= 4 is 5.97 Å². The van der Waals surface area contributed by atoms with Gasteiger partial charge >= 0.3 is 5.97 Å². The number of carboxylic acid groups (broad SMARTS) is 1. The lowest BCUT2D eigenvalue weighted by Crippen LogP contribution is -2.29. The van der Waals surface area contributed by atoms with Crippen LogP contribution in [0.5, 0.6) is 0 Å². The van der Waals surface area contributed by atoms with Crippen LogP contribution in [-0.2, 0) is 4.79 Å². The largest absolute Gasteiger partial charge is 0.480 e. The molecule has 1 aliphatic heterocycles. The minimum atomic E-state index is -0.883. The van der Waals surface area contributed by atoms with Crippen LogP contribution in [0.3, 0.4) is 0 Å². The van der Waals surface area contributed by atoms with Crippen LogP contribution in [0, 0.1) is 0 Å². The van der Waals surface area contributed by atoms with Gasteiger partial charge in [-0.15, -0.1) is 0 Å². The van der Waals surface area contributed by atoms with Gasteiger partial charge in [0.1, 0.15) is 6.04 Å². The van der Waals surface area contributed by atoms with Crippen molar-refractivity contribution in [2.45, 2.75) is 25.5 Å². The average molecular weight is 177 g/mol. The normalized spacial score (nSPS) is 27.6. The zero-order chi connectivity index (χ0) is 9.56. The van der Waals surface area contributed by atoms with E-state index in [4.69, 9.17) is 15.3 Å². The van der Waals surface area contributed by atoms with Gasteiger partial charge in [-0.2, -0.15) is 0 Å². The van der Waals surface area contributed by atoms with Crippen molar-refractivity contribution in [3.05, 3.63) is 0 Å². The Morgan fingerprint density at radius 3 is 2.33 bits per heavy atom. The number of carboxylic acids is 1. The highest BCUT2D eigenvalue weighted by molar-refractivity contribution is 5.73. The molecule has 1 saturated heterocycles. The number of aliphatic hydroxyl groups is 2. The monoisotopic (exact) mass is 177 g/mol. The summed E-state index contributed by atoms with van der Waals surface area (Å²) in [6.07, 6.45) is -0.152. The minimum absolute atomic E-state index is 0.250. The molecule has 0 bridgehead atoms. The van der Waals surface area contributed by atoms with E-state index in [2.05, 4.69) is 5.32 Å². The Kier molecular flexibility index (Phi) is 5.61. The molecule has 5 heteroatoms. The summed E-state index contributed by atoms with van der Waals surface area (Å²) >= 11 is 0. The number of rotatable bonds is 1. The second kappa shape index (κ2) is 5.93. The maximum absolute atomic E-state index is 10.2. The first-order valence-corrected chi connectivity index (χ1v) is 3.86. The van der Waals surface area contributed by atoms with Crippen molar-refractivity contribution in [2.24, 2.45) is 0 Å². The number of carbonyl (C=O) groups is 1. The van der Waals surface area contributed by atoms with Gasteiger partial charge in [0.25, 0.3) is 0 Å². The minimum Gasteiger partial charge on any atom is -0.480 e. The first kappa shape index (κ1) is 11.4. The van der Waals surface area contributed by atoms with Crippen molar-refractivity contribution in [3.63, 3.8) is 0 Å². The number of aliphatic carboxylic acids is 1. The Morgan fingerprint density at radius 2 is 2.17 bits per heavy atom. The highest BCUT2D eigenvalue weighted by Gasteiger charge is 2.27. The van der Waals surface area contributed by atoms with Crippen LogP contribution in [0.2, 0.25) is 0 Å². The van der Waals surface area contributed by atoms with Crippen molar-refractivity contribution < 1.29 is 20.1 Å². The van der Waals surface area contributed by atoms with Crippen LogP contribution in [-0.4, -0.2) is 46.6 Å². The van der Waals surface area contributed by atoms with Crippen molar-refractivity contribution in [2.75, 3.05) is 13.2 Å². The number of hydrogen-bond donors (Lipinski definition) is 4. The van der Waals surface area contributed by atoms with Crippen LogP contribution in [0.4, 0.5) is 0 Å². The molecule has 1 heterocycles. The molecular weight excluding hydrogens is 162 g/mol. The van der Waals surface area contributed by atoms with E-state index in [1.165, 1.54) is 0 Å². The smallest absolute Gasteiger partial charge is 0.320 e. The lowest BCUT2D eigenvalue weighted by atomic mass is 10.2. The summed E-state index contributed by atoms with van der Waals surface area (Å²) in [4.78, 5) is 10.2. The van der Waals surface area contributed by atoms with E-state index < -0.39 is 18.1 Å². The molecule has 0 aromatic carbocycles. The number of aliphatic hydroxyl groups excluding tert-OH is 2. The van der Waals surface area contributed by atoms with E-state index in [-0.39, 0.29) is 6.61 Å². The van der Waals surface area contributed by atoms with E-state index in [1.54, 1.807) is 6.92 Å². The molecule has 72 valence electrons. The first-order valence-electron chi connectivity index (χ1n) is 3.86. The van der Waals surface area contributed by atoms with Crippen molar-refractivity contribution in [1.82, 2.24) is 5.32 Å². The number of hydrogen-bond acceptors (Lipinski definition) is 4. The number of nitrogens with one attached hydrogen (secondary N) is 1. The van der Waals surface area contributed by atoms with Gasteiger partial charge in [-0.1, -0.05) is 0 Å². The van der Waals surface area contributed by atoms with Gasteiger partial charge in [0.2, 0.25) is 0 Å². The molecule has 2 atom stereocenters. The standard InChI is InChI=1S/C5H9NO3.C2H6O/c7-3-1-4(5(8)9)6-2-3;1-2-3/h3-4,6-7H,1-2H2,(H,8,9);3H,2H2,1H3/t3-,4+;/m1./s1. The summed E-state index contributed by atoms with van der Waals surface area (Å²) < 4.78 is 0. The Bertz CT molecular complexity index is 139. The van der Waals surface area contributed by atoms with Crippen molar-refractivity contribution in [1.29, 1.82) is 0 Å². The summed E-state index contributed by atoms with van der Waals surface area (Å²) in [5.41, 5.74) is 0. The molecule has 0 spiro atoms. The van der Waals surface area contributed by atoms with Crippen molar-refractivity contribution in [3.8, 4) is 0 Å². The molecule has 0 aromatic heterocycles. The Morgan fingerprint density at radius 1 is 1.67 bits per heavy atom. The maximum atomic E-state index is 10.2. The van der Waals surface area contributed by atoms with Crippen LogP contribution in [0.25, 0.3) is 0 Å².